The van der Waals surface area contributed by atoms with Crippen LogP contribution < -0.4 is 15.4 Å². The van der Waals surface area contributed by atoms with Gasteiger partial charge in [-0.1, -0.05) is 6.07 Å². The summed E-state index contributed by atoms with van der Waals surface area (Å²) in [6, 6.07) is 11.7. The van der Waals surface area contributed by atoms with Crippen molar-refractivity contribution in [3.63, 3.8) is 0 Å². The van der Waals surface area contributed by atoms with Crippen molar-refractivity contribution >= 4 is 34.9 Å². The lowest BCUT2D eigenvalue weighted by Gasteiger charge is -2.16. The van der Waals surface area contributed by atoms with Gasteiger partial charge >= 0.3 is 12.1 Å². The number of methoxy groups -OCH3 is 1. The van der Waals surface area contributed by atoms with Gasteiger partial charge in [0.15, 0.2) is 5.78 Å². The fraction of sp³-hybridized carbons (Fsp3) is 0.125. The lowest BCUT2D eigenvalue weighted by Crippen LogP contribution is -2.20. The zero-order chi connectivity index (χ0) is 32.6. The van der Waals surface area contributed by atoms with Crippen LogP contribution in [0.1, 0.15) is 59.0 Å². The number of amides is 2. The third-order valence-electron chi connectivity index (χ3n) is 7.16. The largest absolute Gasteiger partial charge is 0.496 e. The fourth-order valence-electron chi connectivity index (χ4n) is 4.93. The second-order valence-electron chi connectivity index (χ2n) is 9.99. The van der Waals surface area contributed by atoms with Gasteiger partial charge in [0.25, 0.3) is 11.8 Å². The Bertz CT molecular complexity index is 1900. The summed E-state index contributed by atoms with van der Waals surface area (Å²) in [6.45, 7) is 0. The second kappa shape index (κ2) is 11.8. The van der Waals surface area contributed by atoms with Crippen LogP contribution in [0, 0.1) is 11.6 Å². The molecule has 0 saturated carbocycles. The molecule has 0 radical (unpaired) electrons. The Labute approximate surface area is 251 Å². The van der Waals surface area contributed by atoms with Crippen molar-refractivity contribution < 1.29 is 51.0 Å². The smallest absolute Gasteiger partial charge is 0.419 e. The van der Waals surface area contributed by atoms with E-state index >= 15 is 0 Å². The van der Waals surface area contributed by atoms with Crippen LogP contribution in [0.4, 0.5) is 33.3 Å². The molecule has 13 heteroatoms. The number of Topliss-reactive ketones (excluding diaryl/α,β-unsaturated/α-hetero) is 1. The van der Waals surface area contributed by atoms with Gasteiger partial charge in [0.1, 0.15) is 17.4 Å². The number of carboxylic acids is 1. The molecule has 0 atom stereocenters. The van der Waals surface area contributed by atoms with E-state index in [-0.39, 0.29) is 69.1 Å². The number of nitrogens with one attached hydrogen (secondary N) is 2. The van der Waals surface area contributed by atoms with Gasteiger partial charge in [-0.25, -0.2) is 13.6 Å². The minimum atomic E-state index is -5.02. The first-order valence-electron chi connectivity index (χ1n) is 13.2. The van der Waals surface area contributed by atoms with Crippen LogP contribution in [0.25, 0.3) is 11.1 Å². The fourth-order valence-corrected chi connectivity index (χ4v) is 4.93. The van der Waals surface area contributed by atoms with Crippen molar-refractivity contribution in [2.75, 3.05) is 17.7 Å². The van der Waals surface area contributed by atoms with E-state index in [1.165, 1.54) is 37.4 Å². The van der Waals surface area contributed by atoms with Crippen LogP contribution in [0.15, 0.2) is 66.7 Å². The second-order valence-corrected chi connectivity index (χ2v) is 9.99. The van der Waals surface area contributed by atoms with E-state index in [1.807, 2.05) is 0 Å². The maximum absolute atomic E-state index is 14.7. The Morgan fingerprint density at radius 3 is 2.20 bits per heavy atom. The van der Waals surface area contributed by atoms with Crippen LogP contribution in [0.5, 0.6) is 5.75 Å². The quantitative estimate of drug-likeness (QED) is 0.191. The molecule has 0 aliphatic heterocycles. The third kappa shape index (κ3) is 6.23. The number of aromatic carboxylic acids is 1. The number of ketones is 1. The van der Waals surface area contributed by atoms with E-state index in [0.29, 0.717) is 17.7 Å². The SMILES string of the molecule is COc1ccc(-c2cc(C(=O)O)ccc2F)cc1C(=O)Nc1cc2c(cc1C(=O)Nc1ccc(F)c(C(F)(F)F)c1)CCC2=O. The molecule has 1 aliphatic carbocycles. The normalized spacial score (nSPS) is 12.4. The standard InChI is InChI=1S/C32H21F5N2O6/c1-45-28-9-4-15(19-12-17(31(43)44)2-6-24(19)33)11-22(28)30(42)39-26-14-20-16(3-8-27(20)40)10-21(26)29(41)38-18-5-7-25(34)23(13-18)32(35,36)37/h2,4-7,9-14H,3,8H2,1H3,(H,38,41)(H,39,42)(H,43,44). The molecule has 45 heavy (non-hydrogen) atoms. The van der Waals surface area contributed by atoms with Gasteiger partial charge in [0, 0.05) is 23.2 Å². The highest BCUT2D eigenvalue weighted by molar-refractivity contribution is 6.15. The van der Waals surface area contributed by atoms with E-state index in [1.54, 1.807) is 0 Å². The summed E-state index contributed by atoms with van der Waals surface area (Å²) in [4.78, 5) is 50.8. The van der Waals surface area contributed by atoms with E-state index < -0.39 is 41.2 Å². The number of ether oxygens (including phenoxy) is 1. The Balaban J connectivity index is 1.53. The highest BCUT2D eigenvalue weighted by Gasteiger charge is 2.34. The molecule has 0 unspecified atom stereocenters. The number of halogens is 5. The molecule has 0 saturated heterocycles. The van der Waals surface area contributed by atoms with Gasteiger partial charge in [-0.2, -0.15) is 13.2 Å². The molecular formula is C32H21F5N2O6. The number of anilines is 2. The number of carbonyl (C=O) groups excluding carboxylic acids is 3. The van der Waals surface area contributed by atoms with Gasteiger partial charge in [-0.15, -0.1) is 0 Å². The first kappa shape index (κ1) is 30.9. The highest BCUT2D eigenvalue weighted by atomic mass is 19.4. The van der Waals surface area contributed by atoms with E-state index in [2.05, 4.69) is 10.6 Å². The number of hydrogen-bond donors (Lipinski definition) is 3. The number of carbonyl (C=O) groups is 4. The summed E-state index contributed by atoms with van der Waals surface area (Å²) in [5.41, 5.74) is -1.97. The predicted octanol–water partition coefficient (Wildman–Crippen LogP) is 6.99. The van der Waals surface area contributed by atoms with Crippen molar-refractivity contribution in [1.82, 2.24) is 0 Å². The molecule has 0 fully saturated rings. The van der Waals surface area contributed by atoms with Gasteiger partial charge in [0.2, 0.25) is 0 Å². The van der Waals surface area contributed by atoms with Gasteiger partial charge in [-0.3, -0.25) is 14.4 Å². The summed E-state index contributed by atoms with van der Waals surface area (Å²) < 4.78 is 73.5. The summed E-state index contributed by atoms with van der Waals surface area (Å²) in [5, 5.41) is 14.1. The van der Waals surface area contributed by atoms with Crippen molar-refractivity contribution in [1.29, 1.82) is 0 Å². The number of rotatable bonds is 7. The minimum absolute atomic E-state index is 0.0280. The first-order valence-corrected chi connectivity index (χ1v) is 13.2. The van der Waals surface area contributed by atoms with Crippen LogP contribution in [-0.2, 0) is 12.6 Å². The third-order valence-corrected chi connectivity index (χ3v) is 7.16. The zero-order valence-corrected chi connectivity index (χ0v) is 23.1. The van der Waals surface area contributed by atoms with E-state index in [9.17, 15) is 46.2 Å². The average Bonchev–Trinajstić information content (AvgIpc) is 3.36. The van der Waals surface area contributed by atoms with Crippen molar-refractivity contribution in [2.45, 2.75) is 19.0 Å². The van der Waals surface area contributed by atoms with Crippen LogP contribution in [-0.4, -0.2) is 35.8 Å². The Morgan fingerprint density at radius 2 is 1.51 bits per heavy atom. The topological polar surface area (TPSA) is 122 Å². The first-order chi connectivity index (χ1) is 21.3. The lowest BCUT2D eigenvalue weighted by molar-refractivity contribution is -0.139. The van der Waals surface area contributed by atoms with Gasteiger partial charge in [-0.05, 0) is 78.2 Å². The van der Waals surface area contributed by atoms with Gasteiger partial charge < -0.3 is 20.5 Å². The monoisotopic (exact) mass is 624 g/mol. The molecule has 3 N–H and O–H groups in total. The molecular weight excluding hydrogens is 603 g/mol. The average molecular weight is 625 g/mol. The summed E-state index contributed by atoms with van der Waals surface area (Å²) in [7, 11) is 1.27. The van der Waals surface area contributed by atoms with Gasteiger partial charge in [0.05, 0.1) is 35.1 Å². The molecule has 0 spiro atoms. The lowest BCUT2D eigenvalue weighted by atomic mass is 9.99. The summed E-state index contributed by atoms with van der Waals surface area (Å²) in [5.74, 6) is -5.65. The molecule has 4 aromatic rings. The van der Waals surface area contributed by atoms with Crippen LogP contribution in [0.3, 0.4) is 0 Å². The molecule has 1 aliphatic rings. The molecule has 230 valence electrons. The number of alkyl halides is 3. The molecule has 0 aromatic heterocycles. The molecule has 4 aromatic carbocycles. The molecule has 5 rings (SSSR count). The van der Waals surface area contributed by atoms with Crippen LogP contribution >= 0.6 is 0 Å². The minimum Gasteiger partial charge on any atom is -0.496 e. The maximum atomic E-state index is 14.7. The predicted molar refractivity (Wildman–Crippen MR) is 152 cm³/mol. The Morgan fingerprint density at radius 1 is 0.800 bits per heavy atom. The zero-order valence-electron chi connectivity index (χ0n) is 23.1. The number of fused-ring (bicyclic) bond motifs is 1. The Kier molecular flexibility index (Phi) is 8.11. The van der Waals surface area contributed by atoms with Crippen molar-refractivity contribution in [3.8, 4) is 16.9 Å². The van der Waals surface area contributed by atoms with Crippen molar-refractivity contribution in [2.24, 2.45) is 0 Å². The van der Waals surface area contributed by atoms with Crippen molar-refractivity contribution in [3.05, 3.63) is 112 Å². The number of benzene rings is 4. The molecule has 0 heterocycles. The van der Waals surface area contributed by atoms with E-state index in [4.69, 9.17) is 4.74 Å². The molecule has 0 bridgehead atoms. The number of carboxylic acid groups (broad SMARTS) is 1. The molecule has 2 amide bonds. The van der Waals surface area contributed by atoms with E-state index in [0.717, 1.165) is 24.3 Å². The highest BCUT2D eigenvalue weighted by Crippen LogP contribution is 2.35. The summed E-state index contributed by atoms with van der Waals surface area (Å²) in [6.07, 6.45) is -4.60. The number of hydrogen-bond acceptors (Lipinski definition) is 5. The summed E-state index contributed by atoms with van der Waals surface area (Å²) >= 11 is 0. The Hall–Kier alpha value is -5.59. The maximum Gasteiger partial charge on any atom is 0.419 e. The van der Waals surface area contributed by atoms with Crippen LogP contribution in [0.2, 0.25) is 0 Å². The molecule has 8 nitrogen and oxygen atoms in total. The number of aryl methyl sites for hydroxylation is 1.